The monoisotopic (exact) mass is 549 g/mol. The van der Waals surface area contributed by atoms with Gasteiger partial charge in [0.05, 0.1) is 33.7 Å². The van der Waals surface area contributed by atoms with Gasteiger partial charge >= 0.3 is 5.69 Å². The lowest BCUT2D eigenvalue weighted by Gasteiger charge is -2.35. The zero-order chi connectivity index (χ0) is 27.7. The molecular weight excluding hydrogens is 526 g/mol. The summed E-state index contributed by atoms with van der Waals surface area (Å²) in [6.07, 6.45) is 0.428. The summed E-state index contributed by atoms with van der Waals surface area (Å²) < 4.78 is 2.58. The Labute approximate surface area is 233 Å². The van der Waals surface area contributed by atoms with Crippen LogP contribution in [0, 0.1) is 0 Å². The molecule has 8 nitrogen and oxygen atoms in total. The second-order valence-electron chi connectivity index (χ2n) is 10.2. The van der Waals surface area contributed by atoms with Crippen LogP contribution in [0.3, 0.4) is 0 Å². The van der Waals surface area contributed by atoms with Crippen LogP contribution in [-0.2, 0) is 14.1 Å². The highest BCUT2D eigenvalue weighted by Gasteiger charge is 2.36. The fourth-order valence-corrected chi connectivity index (χ4v) is 6.11. The van der Waals surface area contributed by atoms with Crippen molar-refractivity contribution >= 4 is 50.3 Å². The van der Waals surface area contributed by atoms with Crippen LogP contribution in [0.25, 0.3) is 32.8 Å². The van der Waals surface area contributed by atoms with E-state index in [1.54, 1.807) is 19.2 Å². The van der Waals surface area contributed by atoms with Crippen molar-refractivity contribution in [1.29, 1.82) is 0 Å². The number of nitrogens with zero attached hydrogens (tertiary/aromatic N) is 4. The summed E-state index contributed by atoms with van der Waals surface area (Å²) in [5.41, 5.74) is 3.85. The maximum absolute atomic E-state index is 13.5. The average molecular weight is 550 g/mol. The van der Waals surface area contributed by atoms with Crippen LogP contribution in [0.15, 0.2) is 82.4 Å². The summed E-state index contributed by atoms with van der Waals surface area (Å²) in [6.45, 7) is 0. The Bertz CT molecular complexity index is 2120. The van der Waals surface area contributed by atoms with E-state index >= 15 is 0 Å². The third kappa shape index (κ3) is 3.53. The number of benzene rings is 4. The first kappa shape index (κ1) is 24.4. The molecule has 4 aromatic carbocycles. The van der Waals surface area contributed by atoms with Gasteiger partial charge in [0.25, 0.3) is 5.56 Å². The number of hydrogen-bond donors (Lipinski definition) is 2. The molecule has 2 unspecified atom stereocenters. The minimum Gasteiger partial charge on any atom is -0.507 e. The van der Waals surface area contributed by atoms with Gasteiger partial charge in [0.2, 0.25) is 0 Å². The number of nitrogens with one attached hydrogen (secondary N) is 1. The van der Waals surface area contributed by atoms with Crippen molar-refractivity contribution in [2.24, 2.45) is 14.1 Å². The normalized spacial score (nSPS) is 16.8. The van der Waals surface area contributed by atoms with Crippen LogP contribution in [0.5, 0.6) is 5.75 Å². The molecule has 0 aliphatic carbocycles. The lowest BCUT2D eigenvalue weighted by Crippen LogP contribution is -2.43. The van der Waals surface area contributed by atoms with E-state index in [1.807, 2.05) is 60.7 Å². The minimum atomic E-state index is -0.492. The molecule has 2 atom stereocenters. The first-order valence-corrected chi connectivity index (χ1v) is 13.3. The topological polar surface area (TPSA) is 102 Å². The summed E-state index contributed by atoms with van der Waals surface area (Å²) in [5.74, 6) is 0.134. The molecule has 198 valence electrons. The zero-order valence-corrected chi connectivity index (χ0v) is 22.5. The molecule has 6 aromatic rings. The molecule has 0 bridgehead atoms. The molecule has 0 saturated carbocycles. The van der Waals surface area contributed by atoms with E-state index in [0.717, 1.165) is 21.0 Å². The van der Waals surface area contributed by atoms with Gasteiger partial charge in [-0.05, 0) is 36.2 Å². The van der Waals surface area contributed by atoms with Crippen molar-refractivity contribution in [2.75, 3.05) is 5.32 Å². The SMILES string of the molecule is Cn1c2c(c(=O)n(C)c1=O)C(c1ccc(Cl)cc1)CC(c1c(O)c3ccccc3c3nc4ccccc4nc13)N2. The maximum atomic E-state index is 13.5. The molecule has 3 heterocycles. The second-order valence-corrected chi connectivity index (χ2v) is 10.7. The number of aromatic hydroxyl groups is 1. The van der Waals surface area contributed by atoms with Gasteiger partial charge in [-0.2, -0.15) is 0 Å². The van der Waals surface area contributed by atoms with E-state index in [4.69, 9.17) is 21.6 Å². The van der Waals surface area contributed by atoms with Crippen molar-refractivity contribution in [3.05, 3.63) is 115 Å². The fraction of sp³-hybridized carbons (Fsp3) is 0.161. The molecular formula is C31H24ClN5O3. The van der Waals surface area contributed by atoms with Crippen LogP contribution in [0.2, 0.25) is 5.02 Å². The number of rotatable bonds is 2. The minimum absolute atomic E-state index is 0.0947. The van der Waals surface area contributed by atoms with Crippen LogP contribution in [0.4, 0.5) is 5.82 Å². The Kier molecular flexibility index (Phi) is 5.43. The molecule has 0 amide bonds. The molecule has 7 rings (SSSR count). The van der Waals surface area contributed by atoms with Crippen LogP contribution < -0.4 is 16.6 Å². The Morgan fingerprint density at radius 2 is 1.45 bits per heavy atom. The third-order valence-corrected chi connectivity index (χ3v) is 8.22. The highest BCUT2D eigenvalue weighted by Crippen LogP contribution is 2.47. The van der Waals surface area contributed by atoms with E-state index in [0.29, 0.717) is 50.3 Å². The second kappa shape index (κ2) is 8.93. The zero-order valence-electron chi connectivity index (χ0n) is 21.7. The predicted octanol–water partition coefficient (Wildman–Crippen LogP) is 5.38. The Morgan fingerprint density at radius 3 is 2.15 bits per heavy atom. The lowest BCUT2D eigenvalue weighted by atomic mass is 9.81. The summed E-state index contributed by atoms with van der Waals surface area (Å²) in [6, 6.07) is 22.1. The summed E-state index contributed by atoms with van der Waals surface area (Å²) in [5, 5.41) is 17.3. The number of aromatic nitrogens is 4. The number of hydrogen-bond acceptors (Lipinski definition) is 6. The van der Waals surface area contributed by atoms with Gasteiger partial charge in [0.1, 0.15) is 11.6 Å². The van der Waals surface area contributed by atoms with E-state index in [2.05, 4.69) is 5.32 Å². The summed E-state index contributed by atoms with van der Waals surface area (Å²) >= 11 is 6.20. The molecule has 0 spiro atoms. The fourth-order valence-electron chi connectivity index (χ4n) is 5.98. The average Bonchev–Trinajstić information content (AvgIpc) is 2.98. The van der Waals surface area contributed by atoms with E-state index in [1.165, 1.54) is 11.6 Å². The smallest absolute Gasteiger partial charge is 0.332 e. The van der Waals surface area contributed by atoms with Crippen molar-refractivity contribution < 1.29 is 5.11 Å². The first-order valence-electron chi connectivity index (χ1n) is 13.0. The number of phenolic OH excluding ortho intramolecular Hbond substituents is 1. The predicted molar refractivity (Wildman–Crippen MR) is 157 cm³/mol. The van der Waals surface area contributed by atoms with Crippen molar-refractivity contribution in [3.8, 4) is 5.75 Å². The highest BCUT2D eigenvalue weighted by molar-refractivity contribution is 6.30. The molecule has 9 heteroatoms. The number of anilines is 1. The molecule has 2 N–H and O–H groups in total. The largest absolute Gasteiger partial charge is 0.507 e. The molecule has 40 heavy (non-hydrogen) atoms. The Morgan fingerprint density at radius 1 is 0.825 bits per heavy atom. The van der Waals surface area contributed by atoms with Gasteiger partial charge in [-0.25, -0.2) is 14.8 Å². The van der Waals surface area contributed by atoms with Crippen molar-refractivity contribution in [1.82, 2.24) is 19.1 Å². The number of phenols is 1. The summed E-state index contributed by atoms with van der Waals surface area (Å²) in [7, 11) is 3.12. The van der Waals surface area contributed by atoms with Gasteiger partial charge in [-0.15, -0.1) is 0 Å². The van der Waals surface area contributed by atoms with Gasteiger partial charge in [-0.3, -0.25) is 13.9 Å². The number of halogens is 1. The molecule has 2 aromatic heterocycles. The van der Waals surface area contributed by atoms with Crippen molar-refractivity contribution in [3.63, 3.8) is 0 Å². The Balaban J connectivity index is 1.55. The molecule has 1 aliphatic rings. The summed E-state index contributed by atoms with van der Waals surface area (Å²) in [4.78, 5) is 36.4. The number of para-hydroxylation sites is 2. The number of fused-ring (bicyclic) bond motifs is 5. The standard InChI is InChI=1S/C31H24ClN5O3/c1-36-29-24(30(39)37(2)31(36)40)20(16-11-13-17(32)14-12-16)15-23(35-29)25-27-26(18-7-3-4-8-19(18)28(25)38)33-21-9-5-6-10-22(21)34-27/h3-14,20,23,35,38H,15H2,1-2H3. The van der Waals surface area contributed by atoms with Crippen LogP contribution in [0.1, 0.15) is 35.1 Å². The molecule has 0 saturated heterocycles. The third-order valence-electron chi connectivity index (χ3n) is 7.97. The van der Waals surface area contributed by atoms with Gasteiger partial charge in [0, 0.05) is 41.4 Å². The molecule has 0 fully saturated rings. The highest BCUT2D eigenvalue weighted by atomic mass is 35.5. The van der Waals surface area contributed by atoms with Gasteiger partial charge < -0.3 is 10.4 Å². The van der Waals surface area contributed by atoms with E-state index in [9.17, 15) is 14.7 Å². The Hall–Kier alpha value is -4.69. The lowest BCUT2D eigenvalue weighted by molar-refractivity contribution is 0.463. The van der Waals surface area contributed by atoms with Crippen LogP contribution in [-0.4, -0.2) is 24.2 Å². The van der Waals surface area contributed by atoms with Gasteiger partial charge in [-0.1, -0.05) is 60.1 Å². The molecule has 1 aliphatic heterocycles. The first-order chi connectivity index (χ1) is 19.3. The van der Waals surface area contributed by atoms with E-state index < -0.39 is 11.7 Å². The quantitative estimate of drug-likeness (QED) is 0.222. The van der Waals surface area contributed by atoms with Gasteiger partial charge in [0.15, 0.2) is 0 Å². The van der Waals surface area contributed by atoms with E-state index in [-0.39, 0.29) is 17.2 Å². The molecule has 0 radical (unpaired) electrons. The maximum Gasteiger partial charge on any atom is 0.332 e. The van der Waals surface area contributed by atoms with Crippen LogP contribution >= 0.6 is 11.6 Å². The van der Waals surface area contributed by atoms with Crippen molar-refractivity contribution in [2.45, 2.75) is 18.4 Å².